The Morgan fingerprint density at radius 3 is 2.55 bits per heavy atom. The van der Waals surface area contributed by atoms with Crippen molar-refractivity contribution in [2.24, 2.45) is 0 Å². The van der Waals surface area contributed by atoms with E-state index >= 15 is 0 Å². The van der Waals surface area contributed by atoms with E-state index in [0.717, 1.165) is 33.6 Å². The van der Waals surface area contributed by atoms with Gasteiger partial charge in [0.25, 0.3) is 0 Å². The molecule has 0 fully saturated rings. The van der Waals surface area contributed by atoms with E-state index < -0.39 is 0 Å². The van der Waals surface area contributed by atoms with Crippen LogP contribution >= 0.6 is 11.6 Å². The lowest BCUT2D eigenvalue weighted by Gasteiger charge is -2.22. The van der Waals surface area contributed by atoms with Crippen LogP contribution in [0.5, 0.6) is 0 Å². The predicted molar refractivity (Wildman–Crippen MR) is 84.6 cm³/mol. The highest BCUT2D eigenvalue weighted by Gasteiger charge is 2.13. The number of anilines is 2. The van der Waals surface area contributed by atoms with Gasteiger partial charge >= 0.3 is 0 Å². The summed E-state index contributed by atoms with van der Waals surface area (Å²) in [4.78, 5) is 11.0. The Morgan fingerprint density at radius 2 is 1.90 bits per heavy atom. The molecule has 0 saturated heterocycles. The van der Waals surface area contributed by atoms with Crippen molar-refractivity contribution in [3.05, 3.63) is 46.2 Å². The number of halogens is 1. The summed E-state index contributed by atoms with van der Waals surface area (Å²) >= 11 is 6.21. The van der Waals surface area contributed by atoms with E-state index in [1.54, 1.807) is 0 Å². The van der Waals surface area contributed by atoms with Gasteiger partial charge in [-0.2, -0.15) is 0 Å². The molecule has 0 saturated carbocycles. The number of hydrogen-bond donors (Lipinski definition) is 1. The molecule has 0 atom stereocenters. The zero-order valence-corrected chi connectivity index (χ0v) is 13.0. The van der Waals surface area contributed by atoms with Crippen molar-refractivity contribution >= 4 is 23.2 Å². The normalized spacial score (nSPS) is 10.4. The zero-order chi connectivity index (χ0) is 14.7. The van der Waals surface area contributed by atoms with Crippen molar-refractivity contribution in [2.75, 3.05) is 24.3 Å². The molecule has 20 heavy (non-hydrogen) atoms. The van der Waals surface area contributed by atoms with Crippen LogP contribution in [0.4, 0.5) is 11.6 Å². The molecule has 1 N–H and O–H groups in total. The van der Waals surface area contributed by atoms with E-state index in [9.17, 15) is 0 Å². The van der Waals surface area contributed by atoms with E-state index in [0.29, 0.717) is 6.54 Å². The molecule has 1 aromatic heterocycles. The van der Waals surface area contributed by atoms with Crippen LogP contribution in [0, 0.1) is 13.8 Å². The lowest BCUT2D eigenvalue weighted by Crippen LogP contribution is -2.20. The Balaban J connectivity index is 2.32. The highest BCUT2D eigenvalue weighted by Crippen LogP contribution is 2.25. The fourth-order valence-electron chi connectivity index (χ4n) is 2.19. The topological polar surface area (TPSA) is 41.1 Å². The van der Waals surface area contributed by atoms with Gasteiger partial charge in [0.1, 0.15) is 17.5 Å². The van der Waals surface area contributed by atoms with Gasteiger partial charge in [-0.15, -0.1) is 0 Å². The second-order valence-electron chi connectivity index (χ2n) is 4.77. The van der Waals surface area contributed by atoms with E-state index in [1.165, 1.54) is 0 Å². The molecule has 0 radical (unpaired) electrons. The summed E-state index contributed by atoms with van der Waals surface area (Å²) in [6.45, 7) is 4.62. The number of rotatable bonds is 4. The maximum absolute atomic E-state index is 6.21. The fraction of sp³-hybridized carbons (Fsp3) is 0.333. The first-order valence-electron chi connectivity index (χ1n) is 6.50. The van der Waals surface area contributed by atoms with Crippen molar-refractivity contribution in [1.82, 2.24) is 9.97 Å². The number of aromatic nitrogens is 2. The molecule has 1 heterocycles. The number of nitrogens with zero attached hydrogens (tertiary/aromatic N) is 3. The largest absolute Gasteiger partial charge is 0.373 e. The number of aryl methyl sites for hydroxylation is 1. The van der Waals surface area contributed by atoms with Crippen molar-refractivity contribution < 1.29 is 0 Å². The monoisotopic (exact) mass is 290 g/mol. The van der Waals surface area contributed by atoms with Crippen LogP contribution in [0.15, 0.2) is 24.3 Å². The second kappa shape index (κ2) is 6.09. The van der Waals surface area contributed by atoms with Gasteiger partial charge in [-0.1, -0.05) is 29.8 Å². The summed E-state index contributed by atoms with van der Waals surface area (Å²) in [5, 5.41) is 3.88. The van der Waals surface area contributed by atoms with Crippen LogP contribution in [0.25, 0.3) is 0 Å². The minimum absolute atomic E-state index is 0.708. The summed E-state index contributed by atoms with van der Waals surface area (Å²) in [5.74, 6) is 2.53. The van der Waals surface area contributed by atoms with E-state index in [2.05, 4.69) is 20.2 Å². The fourth-order valence-corrected chi connectivity index (χ4v) is 2.38. The summed E-state index contributed by atoms with van der Waals surface area (Å²) < 4.78 is 0. The Kier molecular flexibility index (Phi) is 4.45. The minimum Gasteiger partial charge on any atom is -0.373 e. The molecule has 4 nitrogen and oxygen atoms in total. The summed E-state index contributed by atoms with van der Waals surface area (Å²) in [5.41, 5.74) is 2.12. The lowest BCUT2D eigenvalue weighted by atomic mass is 10.2. The smallest absolute Gasteiger partial charge is 0.137 e. The molecule has 0 unspecified atom stereocenters. The third-order valence-corrected chi connectivity index (χ3v) is 3.56. The second-order valence-corrected chi connectivity index (χ2v) is 5.17. The standard InChI is InChI=1S/C15H19ClN4/c1-10-14(17-3)18-11(2)19-15(10)20(4)9-12-7-5-6-8-13(12)16/h5-8H,9H2,1-4H3,(H,17,18,19). The first kappa shape index (κ1) is 14.6. The van der Waals surface area contributed by atoms with Crippen molar-refractivity contribution in [3.8, 4) is 0 Å². The zero-order valence-electron chi connectivity index (χ0n) is 12.2. The molecule has 0 aliphatic carbocycles. The number of hydrogen-bond acceptors (Lipinski definition) is 4. The predicted octanol–water partition coefficient (Wildman–Crippen LogP) is 3.42. The molecular weight excluding hydrogens is 272 g/mol. The van der Waals surface area contributed by atoms with Crippen LogP contribution in [-0.2, 0) is 6.54 Å². The van der Waals surface area contributed by atoms with Gasteiger partial charge in [0.15, 0.2) is 0 Å². The maximum atomic E-state index is 6.21. The quantitative estimate of drug-likeness (QED) is 0.937. The Hall–Kier alpha value is -1.81. The Bertz CT molecular complexity index is 613. The van der Waals surface area contributed by atoms with E-state index in [1.807, 2.05) is 52.2 Å². The van der Waals surface area contributed by atoms with Gasteiger partial charge in [-0.3, -0.25) is 0 Å². The van der Waals surface area contributed by atoms with Gasteiger partial charge in [0, 0.05) is 31.2 Å². The first-order valence-corrected chi connectivity index (χ1v) is 6.88. The molecule has 0 amide bonds. The Morgan fingerprint density at radius 1 is 1.20 bits per heavy atom. The molecule has 0 aliphatic rings. The summed E-state index contributed by atoms with van der Waals surface area (Å²) in [6.07, 6.45) is 0. The van der Waals surface area contributed by atoms with Gasteiger partial charge < -0.3 is 10.2 Å². The third kappa shape index (κ3) is 3.02. The van der Waals surface area contributed by atoms with E-state index in [-0.39, 0.29) is 0 Å². The van der Waals surface area contributed by atoms with Crippen molar-refractivity contribution in [3.63, 3.8) is 0 Å². The van der Waals surface area contributed by atoms with E-state index in [4.69, 9.17) is 11.6 Å². The third-order valence-electron chi connectivity index (χ3n) is 3.20. The van der Waals surface area contributed by atoms with Crippen LogP contribution in [-0.4, -0.2) is 24.1 Å². The highest BCUT2D eigenvalue weighted by atomic mass is 35.5. The van der Waals surface area contributed by atoms with Gasteiger partial charge in [0.05, 0.1) is 0 Å². The maximum Gasteiger partial charge on any atom is 0.137 e. The molecule has 0 bridgehead atoms. The number of benzene rings is 1. The molecule has 106 valence electrons. The summed E-state index contributed by atoms with van der Waals surface area (Å²) in [7, 11) is 3.88. The highest BCUT2D eigenvalue weighted by molar-refractivity contribution is 6.31. The van der Waals surface area contributed by atoms with Gasteiger partial charge in [0.2, 0.25) is 0 Å². The molecule has 1 aromatic carbocycles. The average molecular weight is 291 g/mol. The molecule has 0 spiro atoms. The van der Waals surface area contributed by atoms with Crippen LogP contribution in [0.2, 0.25) is 5.02 Å². The van der Waals surface area contributed by atoms with Crippen LogP contribution in [0.1, 0.15) is 17.0 Å². The first-order chi connectivity index (χ1) is 9.52. The SMILES string of the molecule is CNc1nc(C)nc(N(C)Cc2ccccc2Cl)c1C. The molecule has 2 aromatic rings. The number of nitrogens with one attached hydrogen (secondary N) is 1. The molecule has 2 rings (SSSR count). The molecular formula is C15H19ClN4. The van der Waals surface area contributed by atoms with Crippen molar-refractivity contribution in [1.29, 1.82) is 0 Å². The van der Waals surface area contributed by atoms with Gasteiger partial charge in [-0.25, -0.2) is 9.97 Å². The minimum atomic E-state index is 0.708. The van der Waals surface area contributed by atoms with Crippen LogP contribution in [0.3, 0.4) is 0 Å². The van der Waals surface area contributed by atoms with Gasteiger partial charge in [-0.05, 0) is 25.5 Å². The summed E-state index contributed by atoms with van der Waals surface area (Å²) in [6, 6.07) is 7.86. The average Bonchev–Trinajstić information content (AvgIpc) is 2.43. The molecule has 5 heteroatoms. The molecule has 0 aliphatic heterocycles. The Labute approximate surface area is 124 Å². The van der Waals surface area contributed by atoms with Crippen molar-refractivity contribution in [2.45, 2.75) is 20.4 Å². The lowest BCUT2D eigenvalue weighted by molar-refractivity contribution is 0.871. The van der Waals surface area contributed by atoms with Crippen LogP contribution < -0.4 is 10.2 Å².